The Labute approximate surface area is 106 Å². The molecule has 2 rings (SSSR count). The molecule has 1 saturated heterocycles. The van der Waals surface area contributed by atoms with E-state index >= 15 is 0 Å². The predicted octanol–water partition coefficient (Wildman–Crippen LogP) is 2.82. The van der Waals surface area contributed by atoms with Crippen LogP contribution >= 0.6 is 0 Å². The van der Waals surface area contributed by atoms with Gasteiger partial charge in [0.25, 0.3) is 0 Å². The van der Waals surface area contributed by atoms with Crippen LogP contribution < -0.4 is 0 Å². The van der Waals surface area contributed by atoms with Crippen LogP contribution in [-0.4, -0.2) is 27.8 Å². The lowest BCUT2D eigenvalue weighted by atomic mass is 10.1. The van der Waals surface area contributed by atoms with Crippen molar-refractivity contribution in [1.82, 2.24) is 0 Å². The molecule has 6 heteroatoms. The smallest absolute Gasteiger partial charge is 0.359 e. The van der Waals surface area contributed by atoms with Crippen LogP contribution in [0.15, 0.2) is 29.2 Å². The second-order valence-corrected chi connectivity index (χ2v) is 6.20. The molecule has 0 N–H and O–H groups in total. The summed E-state index contributed by atoms with van der Waals surface area (Å²) >= 11 is 0. The summed E-state index contributed by atoms with van der Waals surface area (Å²) in [6.45, 7) is 2.77. The largest absolute Gasteiger partial charge is 0.420 e. The van der Waals surface area contributed by atoms with Gasteiger partial charge >= 0.3 is 6.18 Å². The van der Waals surface area contributed by atoms with Gasteiger partial charge in [-0.3, -0.25) is 4.21 Å². The van der Waals surface area contributed by atoms with Crippen LogP contribution in [0.1, 0.15) is 12.5 Å². The first kappa shape index (κ1) is 13.5. The summed E-state index contributed by atoms with van der Waals surface area (Å²) in [5.41, 5.74) is -1.26. The van der Waals surface area contributed by atoms with Gasteiger partial charge in [-0.25, -0.2) is 0 Å². The zero-order valence-electron chi connectivity index (χ0n) is 9.95. The topological polar surface area (TPSA) is 29.6 Å². The Bertz CT molecular complexity index is 463. The second kappa shape index (κ2) is 4.35. The Morgan fingerprint density at radius 3 is 2.22 bits per heavy atom. The summed E-state index contributed by atoms with van der Waals surface area (Å²) in [5.74, 6) is 0. The zero-order chi connectivity index (χ0) is 13.6. The van der Waals surface area contributed by atoms with E-state index < -0.39 is 34.4 Å². The maximum atomic E-state index is 12.8. The number of ether oxygens (including phenoxy) is 1. The van der Waals surface area contributed by atoms with E-state index in [0.717, 1.165) is 5.56 Å². The molecule has 0 bridgehead atoms. The molecule has 1 aromatic carbocycles. The SMILES string of the molecule is Cc1ccc(S(=O)[C@H](C)[C@@]2(C(F)(F)F)CO2)cc1. The molecule has 1 unspecified atom stereocenters. The number of hydrogen-bond donors (Lipinski definition) is 0. The molecule has 0 saturated carbocycles. The number of halogens is 3. The molecule has 0 amide bonds. The average Bonchev–Trinajstić information content (AvgIpc) is 3.08. The molecule has 2 nitrogen and oxygen atoms in total. The molecule has 3 atom stereocenters. The molecular formula is C12H13F3O2S. The van der Waals surface area contributed by atoms with E-state index in [2.05, 4.69) is 4.74 Å². The minimum absolute atomic E-state index is 0.396. The van der Waals surface area contributed by atoms with Gasteiger partial charge in [0.2, 0.25) is 5.60 Å². The van der Waals surface area contributed by atoms with E-state index in [4.69, 9.17) is 0 Å². The van der Waals surface area contributed by atoms with E-state index in [1.165, 1.54) is 6.92 Å². The molecule has 0 radical (unpaired) electrons. The molecule has 1 aromatic rings. The predicted molar refractivity (Wildman–Crippen MR) is 61.8 cm³/mol. The van der Waals surface area contributed by atoms with Crippen molar-refractivity contribution in [2.75, 3.05) is 6.61 Å². The van der Waals surface area contributed by atoms with Gasteiger partial charge in [0.1, 0.15) is 0 Å². The number of rotatable bonds is 3. The normalized spacial score (nSPS) is 26.7. The van der Waals surface area contributed by atoms with Crippen molar-refractivity contribution in [3.8, 4) is 0 Å². The summed E-state index contributed by atoms with van der Waals surface area (Å²) in [6.07, 6.45) is -4.48. The van der Waals surface area contributed by atoms with Gasteiger partial charge in [-0.2, -0.15) is 13.2 Å². The van der Waals surface area contributed by atoms with Crippen LogP contribution in [0.25, 0.3) is 0 Å². The molecule has 0 spiro atoms. The molecule has 1 aliphatic heterocycles. The standard InChI is InChI=1S/C12H13F3O2S/c1-8-3-5-10(6-4-8)18(16)9(2)11(7-17-11)12(13,14)15/h3-6,9H,7H2,1-2H3/t9-,11-,18?/m1/s1. The van der Waals surface area contributed by atoms with Crippen LogP contribution in [0.4, 0.5) is 13.2 Å². The maximum Gasteiger partial charge on any atom is 0.420 e. The first-order valence-electron chi connectivity index (χ1n) is 5.46. The van der Waals surface area contributed by atoms with E-state index in [-0.39, 0.29) is 0 Å². The van der Waals surface area contributed by atoms with E-state index in [1.54, 1.807) is 24.3 Å². The quantitative estimate of drug-likeness (QED) is 0.796. The lowest BCUT2D eigenvalue weighted by molar-refractivity contribution is -0.182. The third-order valence-electron chi connectivity index (χ3n) is 3.17. The van der Waals surface area contributed by atoms with Gasteiger partial charge in [-0.05, 0) is 26.0 Å². The molecular weight excluding hydrogens is 265 g/mol. The van der Waals surface area contributed by atoms with E-state index in [9.17, 15) is 17.4 Å². The van der Waals surface area contributed by atoms with Crippen molar-refractivity contribution >= 4 is 10.8 Å². The third kappa shape index (κ3) is 2.19. The van der Waals surface area contributed by atoms with Crippen molar-refractivity contribution in [3.63, 3.8) is 0 Å². The average molecular weight is 278 g/mol. The van der Waals surface area contributed by atoms with Gasteiger partial charge in [0.05, 0.1) is 22.7 Å². The summed E-state index contributed by atoms with van der Waals surface area (Å²) in [7, 11) is -1.73. The fourth-order valence-electron chi connectivity index (χ4n) is 1.76. The molecule has 100 valence electrons. The van der Waals surface area contributed by atoms with Crippen LogP contribution in [-0.2, 0) is 15.5 Å². The van der Waals surface area contributed by atoms with Crippen molar-refractivity contribution in [1.29, 1.82) is 0 Å². The molecule has 1 fully saturated rings. The summed E-state index contributed by atoms with van der Waals surface area (Å²) in [4.78, 5) is 0.396. The van der Waals surface area contributed by atoms with Gasteiger partial charge in [0, 0.05) is 4.90 Å². The first-order chi connectivity index (χ1) is 8.28. The van der Waals surface area contributed by atoms with Crippen LogP contribution in [0.2, 0.25) is 0 Å². The third-order valence-corrected chi connectivity index (χ3v) is 4.93. The fourth-order valence-corrected chi connectivity index (χ4v) is 3.18. The van der Waals surface area contributed by atoms with Gasteiger partial charge in [0.15, 0.2) is 0 Å². The molecule has 1 aliphatic rings. The highest BCUT2D eigenvalue weighted by molar-refractivity contribution is 7.85. The highest BCUT2D eigenvalue weighted by atomic mass is 32.2. The number of alkyl halides is 3. The fraction of sp³-hybridized carbons (Fsp3) is 0.500. The first-order valence-corrected chi connectivity index (χ1v) is 6.67. The Morgan fingerprint density at radius 2 is 1.83 bits per heavy atom. The molecule has 0 aliphatic carbocycles. The molecule has 1 heterocycles. The summed E-state index contributed by atoms with van der Waals surface area (Å²) in [5, 5.41) is -1.11. The number of aryl methyl sites for hydroxylation is 1. The van der Waals surface area contributed by atoms with Gasteiger partial charge in [-0.1, -0.05) is 17.7 Å². The Hall–Kier alpha value is -0.880. The lowest BCUT2D eigenvalue weighted by Gasteiger charge is -2.22. The Balaban J connectivity index is 2.22. The maximum absolute atomic E-state index is 12.8. The van der Waals surface area contributed by atoms with Crippen molar-refractivity contribution in [2.24, 2.45) is 0 Å². The second-order valence-electron chi connectivity index (χ2n) is 4.43. The Kier molecular flexibility index (Phi) is 3.27. The van der Waals surface area contributed by atoms with Crippen molar-refractivity contribution < 1.29 is 22.1 Å². The van der Waals surface area contributed by atoms with Gasteiger partial charge < -0.3 is 4.74 Å². The highest BCUT2D eigenvalue weighted by Crippen LogP contribution is 2.48. The van der Waals surface area contributed by atoms with Gasteiger partial charge in [-0.15, -0.1) is 0 Å². The van der Waals surface area contributed by atoms with Crippen molar-refractivity contribution in [2.45, 2.75) is 35.8 Å². The number of benzene rings is 1. The molecule has 0 aromatic heterocycles. The van der Waals surface area contributed by atoms with Crippen LogP contribution in [0, 0.1) is 6.92 Å². The van der Waals surface area contributed by atoms with E-state index in [0.29, 0.717) is 4.90 Å². The van der Waals surface area contributed by atoms with Crippen LogP contribution in [0.5, 0.6) is 0 Å². The monoisotopic (exact) mass is 278 g/mol. The van der Waals surface area contributed by atoms with E-state index in [1.807, 2.05) is 6.92 Å². The minimum atomic E-state index is -4.48. The lowest BCUT2D eigenvalue weighted by Crippen LogP contribution is -2.44. The van der Waals surface area contributed by atoms with Crippen LogP contribution in [0.3, 0.4) is 0 Å². The minimum Gasteiger partial charge on any atom is -0.359 e. The highest BCUT2D eigenvalue weighted by Gasteiger charge is 2.70. The zero-order valence-corrected chi connectivity index (χ0v) is 10.8. The Morgan fingerprint density at radius 1 is 1.33 bits per heavy atom. The number of epoxide rings is 1. The van der Waals surface area contributed by atoms with Crippen molar-refractivity contribution in [3.05, 3.63) is 29.8 Å². The summed E-state index contributed by atoms with van der Waals surface area (Å²) in [6, 6.07) is 6.64. The number of hydrogen-bond acceptors (Lipinski definition) is 2. The molecule has 18 heavy (non-hydrogen) atoms. The summed E-state index contributed by atoms with van der Waals surface area (Å²) < 4.78 is 55.2.